The van der Waals surface area contributed by atoms with E-state index in [0.29, 0.717) is 18.7 Å². The topological polar surface area (TPSA) is 75.3 Å². The molecule has 1 aromatic carbocycles. The first-order valence-electron chi connectivity index (χ1n) is 7.01. The number of ketones is 1. The first-order chi connectivity index (χ1) is 9.90. The third-order valence-corrected chi connectivity index (χ3v) is 3.09. The van der Waals surface area contributed by atoms with Gasteiger partial charge >= 0.3 is 0 Å². The van der Waals surface area contributed by atoms with Gasteiger partial charge in [-0.2, -0.15) is 0 Å². The average Bonchev–Trinajstić information content (AvgIpc) is 2.43. The Morgan fingerprint density at radius 3 is 2.33 bits per heavy atom. The number of amides is 2. The molecule has 0 atom stereocenters. The van der Waals surface area contributed by atoms with E-state index in [0.717, 1.165) is 11.1 Å². The Morgan fingerprint density at radius 1 is 1.00 bits per heavy atom. The molecule has 5 nitrogen and oxygen atoms in total. The average molecular weight is 290 g/mol. The molecule has 0 bridgehead atoms. The fourth-order valence-electron chi connectivity index (χ4n) is 1.93. The molecule has 1 rings (SSSR count). The summed E-state index contributed by atoms with van der Waals surface area (Å²) in [5.41, 5.74) is 2.64. The van der Waals surface area contributed by atoms with Crippen LogP contribution in [0.15, 0.2) is 18.2 Å². The Labute approximate surface area is 125 Å². The standard InChI is InChI=1S/C16H22N2O3/c1-11-4-5-12(2)14(10-11)15(20)6-7-16(21)18-9-8-17-13(3)19/h4-5,10H,6-9H2,1-3H3,(H,17,19)(H,18,21). The first-order valence-corrected chi connectivity index (χ1v) is 7.01. The van der Waals surface area contributed by atoms with Gasteiger partial charge < -0.3 is 10.6 Å². The van der Waals surface area contributed by atoms with E-state index in [1.54, 1.807) is 0 Å². The number of hydrogen-bond donors (Lipinski definition) is 2. The van der Waals surface area contributed by atoms with Crippen LogP contribution in [0.4, 0.5) is 0 Å². The number of benzene rings is 1. The van der Waals surface area contributed by atoms with Crippen LogP contribution < -0.4 is 10.6 Å². The first kappa shape index (κ1) is 16.9. The summed E-state index contributed by atoms with van der Waals surface area (Å²) in [4.78, 5) is 34.4. The lowest BCUT2D eigenvalue weighted by Crippen LogP contribution is -2.33. The number of Topliss-reactive ketones (excluding diaryl/α,β-unsaturated/α-hetero) is 1. The number of hydrogen-bond acceptors (Lipinski definition) is 3. The van der Waals surface area contributed by atoms with Gasteiger partial charge in [-0.3, -0.25) is 14.4 Å². The molecule has 0 aliphatic heterocycles. The molecule has 114 valence electrons. The highest BCUT2D eigenvalue weighted by Gasteiger charge is 2.11. The number of nitrogens with one attached hydrogen (secondary N) is 2. The number of carbonyl (C=O) groups is 3. The third kappa shape index (κ3) is 6.21. The molecule has 1 aromatic rings. The highest BCUT2D eigenvalue weighted by Crippen LogP contribution is 2.13. The second-order valence-electron chi connectivity index (χ2n) is 5.07. The predicted molar refractivity (Wildman–Crippen MR) is 81.2 cm³/mol. The molecule has 2 amide bonds. The van der Waals surface area contributed by atoms with Crippen LogP contribution in [-0.4, -0.2) is 30.7 Å². The lowest BCUT2D eigenvalue weighted by Gasteiger charge is -2.07. The van der Waals surface area contributed by atoms with Gasteiger partial charge in [-0.1, -0.05) is 17.7 Å². The monoisotopic (exact) mass is 290 g/mol. The molecular formula is C16H22N2O3. The van der Waals surface area contributed by atoms with Crippen molar-refractivity contribution >= 4 is 17.6 Å². The van der Waals surface area contributed by atoms with Crippen LogP contribution in [0.25, 0.3) is 0 Å². The van der Waals surface area contributed by atoms with Crippen molar-refractivity contribution < 1.29 is 14.4 Å². The zero-order valence-corrected chi connectivity index (χ0v) is 12.8. The van der Waals surface area contributed by atoms with Crippen LogP contribution in [0.1, 0.15) is 41.3 Å². The SMILES string of the molecule is CC(=O)NCCNC(=O)CCC(=O)c1cc(C)ccc1C. The summed E-state index contributed by atoms with van der Waals surface area (Å²) < 4.78 is 0. The molecule has 0 spiro atoms. The summed E-state index contributed by atoms with van der Waals surface area (Å²) in [5, 5.41) is 5.25. The van der Waals surface area contributed by atoms with E-state index in [9.17, 15) is 14.4 Å². The number of aryl methyl sites for hydroxylation is 2. The maximum Gasteiger partial charge on any atom is 0.220 e. The van der Waals surface area contributed by atoms with Crippen molar-refractivity contribution in [1.29, 1.82) is 0 Å². The molecule has 0 fully saturated rings. The number of carbonyl (C=O) groups excluding carboxylic acids is 3. The van der Waals surface area contributed by atoms with Gasteiger partial charge in [0, 0.05) is 38.4 Å². The molecule has 0 unspecified atom stereocenters. The Morgan fingerprint density at radius 2 is 1.67 bits per heavy atom. The van der Waals surface area contributed by atoms with Crippen LogP contribution in [0.5, 0.6) is 0 Å². The van der Waals surface area contributed by atoms with Crippen LogP contribution in [-0.2, 0) is 9.59 Å². The highest BCUT2D eigenvalue weighted by molar-refractivity contribution is 5.99. The Kier molecular flexibility index (Phi) is 6.59. The third-order valence-electron chi connectivity index (χ3n) is 3.09. The molecule has 0 aliphatic rings. The van der Waals surface area contributed by atoms with E-state index < -0.39 is 0 Å². The van der Waals surface area contributed by atoms with E-state index in [4.69, 9.17) is 0 Å². The van der Waals surface area contributed by atoms with Crippen LogP contribution >= 0.6 is 0 Å². The summed E-state index contributed by atoms with van der Waals surface area (Å²) in [6.45, 7) is 6.01. The quantitative estimate of drug-likeness (QED) is 0.590. The Hall–Kier alpha value is -2.17. The molecule has 0 aliphatic carbocycles. The second-order valence-corrected chi connectivity index (χ2v) is 5.07. The largest absolute Gasteiger partial charge is 0.355 e. The predicted octanol–water partition coefficient (Wildman–Crippen LogP) is 1.52. The minimum absolute atomic E-state index is 0.0202. The van der Waals surface area contributed by atoms with Crippen LogP contribution in [0, 0.1) is 13.8 Å². The smallest absolute Gasteiger partial charge is 0.220 e. The van der Waals surface area contributed by atoms with Crippen molar-refractivity contribution in [1.82, 2.24) is 10.6 Å². The Bertz CT molecular complexity index is 538. The van der Waals surface area contributed by atoms with E-state index in [-0.39, 0.29) is 30.4 Å². The zero-order valence-electron chi connectivity index (χ0n) is 12.8. The lowest BCUT2D eigenvalue weighted by atomic mass is 9.99. The number of rotatable bonds is 7. The fourth-order valence-corrected chi connectivity index (χ4v) is 1.93. The maximum atomic E-state index is 12.1. The molecule has 21 heavy (non-hydrogen) atoms. The molecule has 5 heteroatoms. The lowest BCUT2D eigenvalue weighted by molar-refractivity contribution is -0.122. The summed E-state index contributed by atoms with van der Waals surface area (Å²) in [6, 6.07) is 5.73. The molecule has 0 saturated carbocycles. The van der Waals surface area contributed by atoms with Crippen molar-refractivity contribution in [2.24, 2.45) is 0 Å². The fraction of sp³-hybridized carbons (Fsp3) is 0.438. The minimum Gasteiger partial charge on any atom is -0.355 e. The highest BCUT2D eigenvalue weighted by atomic mass is 16.2. The van der Waals surface area contributed by atoms with Gasteiger partial charge in [-0.05, 0) is 25.5 Å². The van der Waals surface area contributed by atoms with Gasteiger partial charge in [0.25, 0.3) is 0 Å². The summed E-state index contributed by atoms with van der Waals surface area (Å²) >= 11 is 0. The molecule has 0 radical (unpaired) electrons. The Balaban J connectivity index is 2.37. The van der Waals surface area contributed by atoms with Gasteiger partial charge in [0.2, 0.25) is 11.8 Å². The summed E-state index contributed by atoms with van der Waals surface area (Å²) in [5.74, 6) is -0.332. The molecule has 2 N–H and O–H groups in total. The van der Waals surface area contributed by atoms with E-state index in [2.05, 4.69) is 10.6 Å². The normalized spacial score (nSPS) is 10.0. The van der Waals surface area contributed by atoms with Gasteiger partial charge in [0.15, 0.2) is 5.78 Å². The van der Waals surface area contributed by atoms with Gasteiger partial charge in [-0.25, -0.2) is 0 Å². The van der Waals surface area contributed by atoms with Gasteiger partial charge in [0.1, 0.15) is 0 Å². The summed E-state index contributed by atoms with van der Waals surface area (Å²) in [6.07, 6.45) is 0.350. The van der Waals surface area contributed by atoms with E-state index in [1.807, 2.05) is 32.0 Å². The molecular weight excluding hydrogens is 268 g/mol. The van der Waals surface area contributed by atoms with E-state index in [1.165, 1.54) is 6.92 Å². The van der Waals surface area contributed by atoms with Crippen molar-refractivity contribution in [3.05, 3.63) is 34.9 Å². The second kappa shape index (κ2) is 8.19. The van der Waals surface area contributed by atoms with Gasteiger partial charge in [-0.15, -0.1) is 0 Å². The summed E-state index contributed by atoms with van der Waals surface area (Å²) in [7, 11) is 0. The van der Waals surface area contributed by atoms with Crippen molar-refractivity contribution in [2.45, 2.75) is 33.6 Å². The molecule has 0 saturated heterocycles. The van der Waals surface area contributed by atoms with Gasteiger partial charge in [0.05, 0.1) is 0 Å². The van der Waals surface area contributed by atoms with E-state index >= 15 is 0 Å². The van der Waals surface area contributed by atoms with Crippen LogP contribution in [0.3, 0.4) is 0 Å². The maximum absolute atomic E-state index is 12.1. The van der Waals surface area contributed by atoms with Crippen molar-refractivity contribution in [3.8, 4) is 0 Å². The molecule has 0 aromatic heterocycles. The minimum atomic E-state index is -0.181. The zero-order chi connectivity index (χ0) is 15.8. The van der Waals surface area contributed by atoms with Crippen molar-refractivity contribution in [2.75, 3.05) is 13.1 Å². The van der Waals surface area contributed by atoms with Crippen molar-refractivity contribution in [3.63, 3.8) is 0 Å². The van der Waals surface area contributed by atoms with Crippen LogP contribution in [0.2, 0.25) is 0 Å². The molecule has 0 heterocycles.